The summed E-state index contributed by atoms with van der Waals surface area (Å²) in [5, 5.41) is 2.91. The van der Waals surface area contributed by atoms with E-state index in [4.69, 9.17) is 4.74 Å². The smallest absolute Gasteiger partial charge is 0.321 e. The van der Waals surface area contributed by atoms with Crippen LogP contribution in [0.15, 0.2) is 24.3 Å². The molecule has 2 aliphatic heterocycles. The van der Waals surface area contributed by atoms with Gasteiger partial charge in [0.25, 0.3) is 11.8 Å². The van der Waals surface area contributed by atoms with Gasteiger partial charge in [-0.25, -0.2) is 4.79 Å². The molecule has 1 aromatic carbocycles. The third kappa shape index (κ3) is 3.41. The van der Waals surface area contributed by atoms with Crippen molar-refractivity contribution in [3.63, 3.8) is 0 Å². The highest BCUT2D eigenvalue weighted by Crippen LogP contribution is 2.20. The van der Waals surface area contributed by atoms with Crippen molar-refractivity contribution in [3.8, 4) is 0 Å². The summed E-state index contributed by atoms with van der Waals surface area (Å²) >= 11 is 0. The van der Waals surface area contributed by atoms with Crippen molar-refractivity contribution >= 4 is 23.5 Å². The van der Waals surface area contributed by atoms with Gasteiger partial charge in [0, 0.05) is 24.8 Å². The van der Waals surface area contributed by atoms with Crippen LogP contribution in [0.25, 0.3) is 0 Å². The lowest BCUT2D eigenvalue weighted by Crippen LogP contribution is -2.55. The number of likely N-dealkylation sites (tertiary alicyclic amines) is 1. The molecule has 3 rings (SSSR count). The molecule has 0 aliphatic carbocycles. The highest BCUT2D eigenvalue weighted by Gasteiger charge is 2.35. The largest absolute Gasteiger partial charge is 0.362 e. The number of rotatable bonds is 2. The van der Waals surface area contributed by atoms with Crippen molar-refractivity contribution in [2.45, 2.75) is 25.8 Å². The van der Waals surface area contributed by atoms with Crippen LogP contribution in [0.4, 0.5) is 10.5 Å². The molecule has 0 saturated carbocycles. The Morgan fingerprint density at radius 1 is 1.12 bits per heavy atom. The van der Waals surface area contributed by atoms with E-state index in [1.165, 1.54) is 4.90 Å². The fraction of sp³-hybridized carbons (Fsp3) is 0.471. The second-order valence-electron chi connectivity index (χ2n) is 6.11. The van der Waals surface area contributed by atoms with Crippen molar-refractivity contribution < 1.29 is 19.1 Å². The van der Waals surface area contributed by atoms with Gasteiger partial charge in [0.2, 0.25) is 0 Å². The molecule has 2 heterocycles. The maximum atomic E-state index is 12.4. The number of carbonyl (C=O) groups is 3. The van der Waals surface area contributed by atoms with Crippen LogP contribution in [0.2, 0.25) is 0 Å². The molecule has 0 atom stereocenters. The number of amides is 4. The summed E-state index contributed by atoms with van der Waals surface area (Å²) in [5.41, 5.74) is 1.80. The molecule has 24 heavy (non-hydrogen) atoms. The minimum Gasteiger partial charge on any atom is -0.362 e. The standard InChI is InChI=1S/C17H21N3O4/c1-12-4-2-3-5-14(12)18-17(23)19-8-6-13(7-9-19)20-15(21)10-24-11-16(20)22/h2-5,13H,6-11H2,1H3,(H,18,23). The summed E-state index contributed by atoms with van der Waals surface area (Å²) in [5.74, 6) is -0.567. The third-order valence-electron chi connectivity index (χ3n) is 4.49. The van der Waals surface area contributed by atoms with Crippen LogP contribution in [0.5, 0.6) is 0 Å². The molecule has 0 radical (unpaired) electrons. The molecule has 4 amide bonds. The van der Waals surface area contributed by atoms with Gasteiger partial charge in [-0.05, 0) is 31.4 Å². The molecule has 7 nitrogen and oxygen atoms in total. The number of carbonyl (C=O) groups excluding carboxylic acids is 3. The van der Waals surface area contributed by atoms with Gasteiger partial charge in [-0.1, -0.05) is 18.2 Å². The van der Waals surface area contributed by atoms with Crippen molar-refractivity contribution in [1.82, 2.24) is 9.80 Å². The summed E-state index contributed by atoms with van der Waals surface area (Å²) in [6.07, 6.45) is 1.19. The quantitative estimate of drug-likeness (QED) is 0.830. The highest BCUT2D eigenvalue weighted by atomic mass is 16.5. The second-order valence-corrected chi connectivity index (χ2v) is 6.11. The Bertz CT molecular complexity index is 637. The average molecular weight is 331 g/mol. The molecule has 1 aromatic rings. The molecule has 0 bridgehead atoms. The van der Waals surface area contributed by atoms with E-state index < -0.39 is 0 Å². The van der Waals surface area contributed by atoms with Crippen LogP contribution in [-0.2, 0) is 14.3 Å². The van der Waals surface area contributed by atoms with E-state index >= 15 is 0 Å². The van der Waals surface area contributed by atoms with E-state index in [1.54, 1.807) is 4.90 Å². The topological polar surface area (TPSA) is 79.0 Å². The molecule has 7 heteroatoms. The minimum atomic E-state index is -0.283. The maximum absolute atomic E-state index is 12.4. The number of ether oxygens (including phenoxy) is 1. The second kappa shape index (κ2) is 7.00. The van der Waals surface area contributed by atoms with Gasteiger partial charge in [0.15, 0.2) is 0 Å². The Kier molecular flexibility index (Phi) is 4.80. The van der Waals surface area contributed by atoms with Gasteiger partial charge in [-0.15, -0.1) is 0 Å². The van der Waals surface area contributed by atoms with Gasteiger partial charge < -0.3 is 15.0 Å². The first-order valence-electron chi connectivity index (χ1n) is 8.10. The zero-order chi connectivity index (χ0) is 17.1. The molecule has 0 spiro atoms. The third-order valence-corrected chi connectivity index (χ3v) is 4.49. The van der Waals surface area contributed by atoms with E-state index in [0.717, 1.165) is 11.3 Å². The summed E-state index contributed by atoms with van der Waals surface area (Å²) in [6.45, 7) is 2.89. The van der Waals surface area contributed by atoms with Crippen molar-refractivity contribution in [2.24, 2.45) is 0 Å². The van der Waals surface area contributed by atoms with Gasteiger partial charge in [-0.3, -0.25) is 14.5 Å². The number of piperidine rings is 1. The normalized spacial score (nSPS) is 19.5. The minimum absolute atomic E-state index is 0.0419. The van der Waals surface area contributed by atoms with Crippen LogP contribution in [-0.4, -0.2) is 60.0 Å². The van der Waals surface area contributed by atoms with Gasteiger partial charge in [0.05, 0.1) is 0 Å². The van der Waals surface area contributed by atoms with Crippen LogP contribution in [0.3, 0.4) is 0 Å². The monoisotopic (exact) mass is 331 g/mol. The number of nitrogens with one attached hydrogen (secondary N) is 1. The van der Waals surface area contributed by atoms with Crippen molar-refractivity contribution in [2.75, 3.05) is 31.6 Å². The Morgan fingerprint density at radius 2 is 1.75 bits per heavy atom. The molecule has 1 N–H and O–H groups in total. The first-order chi connectivity index (χ1) is 11.6. The molecule has 2 fully saturated rings. The lowest BCUT2D eigenvalue weighted by molar-refractivity contribution is -0.162. The van der Waals surface area contributed by atoms with Gasteiger partial charge in [0.1, 0.15) is 13.2 Å². The predicted molar refractivity (Wildman–Crippen MR) is 87.5 cm³/mol. The Hall–Kier alpha value is -2.41. The Morgan fingerprint density at radius 3 is 2.38 bits per heavy atom. The zero-order valence-electron chi connectivity index (χ0n) is 13.7. The number of morpholine rings is 1. The predicted octanol–water partition coefficient (Wildman–Crippen LogP) is 1.38. The number of hydrogen-bond donors (Lipinski definition) is 1. The first kappa shape index (κ1) is 16.4. The number of benzene rings is 1. The van der Waals surface area contributed by atoms with E-state index in [1.807, 2.05) is 31.2 Å². The van der Waals surface area contributed by atoms with Crippen LogP contribution < -0.4 is 5.32 Å². The first-order valence-corrected chi connectivity index (χ1v) is 8.10. The van der Waals surface area contributed by atoms with E-state index in [-0.39, 0.29) is 37.1 Å². The summed E-state index contributed by atoms with van der Waals surface area (Å²) in [4.78, 5) is 39.2. The highest BCUT2D eigenvalue weighted by molar-refractivity contribution is 5.98. The van der Waals surface area contributed by atoms with Crippen LogP contribution in [0, 0.1) is 6.92 Å². The molecule has 2 aliphatic rings. The molecule has 0 aromatic heterocycles. The van der Waals surface area contributed by atoms with Crippen LogP contribution >= 0.6 is 0 Å². The van der Waals surface area contributed by atoms with Gasteiger partial charge >= 0.3 is 6.03 Å². The maximum Gasteiger partial charge on any atom is 0.321 e. The molecular formula is C17H21N3O4. The number of para-hydroxylation sites is 1. The number of urea groups is 1. The SMILES string of the molecule is Cc1ccccc1NC(=O)N1CCC(N2C(=O)COCC2=O)CC1. The number of hydrogen-bond acceptors (Lipinski definition) is 4. The summed E-state index contributed by atoms with van der Waals surface area (Å²) < 4.78 is 4.94. The zero-order valence-corrected chi connectivity index (χ0v) is 13.7. The Balaban J connectivity index is 1.57. The fourth-order valence-electron chi connectivity index (χ4n) is 3.15. The molecule has 2 saturated heterocycles. The molecular weight excluding hydrogens is 310 g/mol. The van der Waals surface area contributed by atoms with Crippen molar-refractivity contribution in [1.29, 1.82) is 0 Å². The van der Waals surface area contributed by atoms with Gasteiger partial charge in [-0.2, -0.15) is 0 Å². The number of aryl methyl sites for hydroxylation is 1. The van der Waals surface area contributed by atoms with E-state index in [2.05, 4.69) is 5.32 Å². The van der Waals surface area contributed by atoms with Crippen molar-refractivity contribution in [3.05, 3.63) is 29.8 Å². The summed E-state index contributed by atoms with van der Waals surface area (Å²) in [7, 11) is 0. The average Bonchev–Trinajstić information content (AvgIpc) is 2.57. The van der Waals surface area contributed by atoms with E-state index in [0.29, 0.717) is 25.9 Å². The van der Waals surface area contributed by atoms with Crippen LogP contribution in [0.1, 0.15) is 18.4 Å². The lowest BCUT2D eigenvalue weighted by atomic mass is 10.0. The number of nitrogens with zero attached hydrogens (tertiary/aromatic N) is 2. The Labute approximate surface area is 140 Å². The van der Waals surface area contributed by atoms with E-state index in [9.17, 15) is 14.4 Å². The fourth-order valence-corrected chi connectivity index (χ4v) is 3.15. The number of anilines is 1. The molecule has 128 valence electrons. The molecule has 0 unspecified atom stereocenters. The lowest BCUT2D eigenvalue weighted by Gasteiger charge is -2.38. The summed E-state index contributed by atoms with van der Waals surface area (Å²) in [6, 6.07) is 7.32. The number of imide groups is 1.